The molecule has 0 spiro atoms. The Balaban J connectivity index is 1.02. The number of hydrogen-bond donors (Lipinski definition) is 22. The number of urea groups is 1. The predicted molar refractivity (Wildman–Crippen MR) is 444 cm³/mol. The molecule has 19 atom stereocenters. The lowest BCUT2D eigenvalue weighted by Crippen LogP contribution is -2.64. The number of benzene rings is 6. The van der Waals surface area contributed by atoms with Gasteiger partial charge >= 0.3 is 31.7 Å². The number of aliphatic hydroxyl groups excluding tert-OH is 7. The summed E-state index contributed by atoms with van der Waals surface area (Å²) in [5, 5.41) is 141. The molecule has 129 heavy (non-hydrogen) atoms. The van der Waals surface area contributed by atoms with E-state index in [4.69, 9.17) is 72.6 Å². The van der Waals surface area contributed by atoms with E-state index in [9.17, 15) is 99.3 Å². The van der Waals surface area contributed by atoms with E-state index >= 15 is 24.0 Å². The Hall–Kier alpha value is -11.8. The molecule has 2 saturated heterocycles. The number of esters is 1. The minimum Gasteiger partial charge on any atom is -0.508 e. The third-order valence-corrected chi connectivity index (χ3v) is 23.3. The first kappa shape index (κ1) is 97.8. The highest BCUT2D eigenvalue weighted by Crippen LogP contribution is 2.51. The van der Waals surface area contributed by atoms with Crippen molar-refractivity contribution < 1.29 is 161 Å². The number of rotatable bonds is 24. The number of nitrogens with zero attached hydrogens (tertiary/aromatic N) is 2. The molecule has 6 aromatic carbocycles. The van der Waals surface area contributed by atoms with Crippen LogP contribution in [0, 0.1) is 5.92 Å². The molecule has 0 aliphatic carbocycles. The van der Waals surface area contributed by atoms with Gasteiger partial charge in [-0.1, -0.05) is 73.4 Å². The fourth-order valence-electron chi connectivity index (χ4n) is 14.9. The Morgan fingerprint density at radius 3 is 1.94 bits per heavy atom. The van der Waals surface area contributed by atoms with E-state index in [0.29, 0.717) is 10.6 Å². The normalized spacial score (nSPS) is 25.8. The van der Waals surface area contributed by atoms with Crippen molar-refractivity contribution in [3.8, 4) is 57.1 Å². The van der Waals surface area contributed by atoms with Gasteiger partial charge in [0.2, 0.25) is 60.2 Å². The highest BCUT2D eigenvalue weighted by molar-refractivity contribution is 7.52. The summed E-state index contributed by atoms with van der Waals surface area (Å²) >= 11 is 14.3. The minimum atomic E-state index is -4.87. The molecule has 2 fully saturated rings. The predicted octanol–water partition coefficient (Wildman–Crippen LogP) is 1.66. The van der Waals surface area contributed by atoms with Gasteiger partial charge in [-0.25, -0.2) is 14.4 Å². The number of aromatic hydroxyl groups is 3. The average Bonchev–Trinajstić information content (AvgIpc) is 0.761. The van der Waals surface area contributed by atoms with Gasteiger partial charge in [0.1, 0.15) is 102 Å². The molecule has 7 heterocycles. The topological polar surface area (TPSA) is 684 Å². The first-order valence-corrected chi connectivity index (χ1v) is 42.4. The van der Waals surface area contributed by atoms with Gasteiger partial charge in [-0.15, -0.1) is 0 Å². The number of carbonyl (C=O) groups is 11. The first-order chi connectivity index (χ1) is 60.8. The van der Waals surface area contributed by atoms with Crippen LogP contribution in [0.1, 0.15) is 124 Å². The van der Waals surface area contributed by atoms with Gasteiger partial charge < -0.3 is 157 Å². The van der Waals surface area contributed by atoms with Gasteiger partial charge in [-0.2, -0.15) is 0 Å². The van der Waals surface area contributed by atoms with Crippen molar-refractivity contribution in [1.29, 1.82) is 0 Å². The smallest absolute Gasteiger partial charge is 0.413 e. The Morgan fingerprint density at radius 1 is 0.713 bits per heavy atom. The highest BCUT2D eigenvalue weighted by atomic mass is 35.5. The standard InChI is InChI=1S/C82H96Cl2N11O33P/c1-34(2)21-47(94(5)81(117)122-33-121-56(101)31-95(20-10-9-13-57(102)129(118,119)120)80(116)87-40-11-7-6-8-12-40)73(109)92-63-65(103)37-15-18-50(44(83)23-37)124-52-25-39-26-53(69(52)128-79-70(68(106)67(105)54(32-96)126-79)127-58-30-82(4,86)71(107)35(3)123-58)125-51-19-16-38(24-45(51)84)66(104)64-77(113)91-62(78(114)115)43-27-41(97)28-49(99)59(43)42-22-36(14-17-48(42)98)60(74(110)93-64)90-75(111)61(39)89-72(108)46(29-55(85)100)88-76(63)112/h6-8,11-12,14-19,22-28,34-35,46-47,54,57-58,60-68,70-71,79,96-99,102-107H,9-10,13,20-21,29-33,86H2,1-5H3,(H2,85,100)(H,87,116)(H,88,112)(H,89,108)(H,90,111)(H,91,113)(H,92,109)(H,93,110)(H,114,115)(H2,118,119,120)/t35?,46?,47?,54?,57?,58?,60?,61?,62-,63?,64?,65+,66-,67?,68?,70?,71?,79?,82?/m1/s1. The number of likely N-dealkylation sites (N-methyl/N-ethyl adjacent to an activating group) is 1. The van der Waals surface area contributed by atoms with E-state index in [-0.39, 0.29) is 49.8 Å². The van der Waals surface area contributed by atoms with Crippen LogP contribution in [0.4, 0.5) is 15.3 Å². The number of phenolic OH excluding ortho intramolecular Hbond substituents is 3. The van der Waals surface area contributed by atoms with Crippen molar-refractivity contribution >= 4 is 102 Å². The van der Waals surface area contributed by atoms with Crippen LogP contribution in [0.5, 0.6) is 46.0 Å². The number of carboxylic acids is 1. The van der Waals surface area contributed by atoms with Crippen molar-refractivity contribution in [3.63, 3.8) is 0 Å². The van der Waals surface area contributed by atoms with Crippen LogP contribution in [0.2, 0.25) is 10.0 Å². The molecule has 0 saturated carbocycles. The third kappa shape index (κ3) is 23.3. The van der Waals surface area contributed by atoms with E-state index in [1.807, 2.05) is 0 Å². The molecule has 7 aliphatic heterocycles. The minimum absolute atomic E-state index is 0.00968. The number of nitrogens with two attached hydrogens (primary N) is 2. The molecular formula is C82H96Cl2N11O33P. The Labute approximate surface area is 743 Å². The van der Waals surface area contributed by atoms with Crippen molar-refractivity contribution in [2.75, 3.05) is 38.9 Å². The summed E-state index contributed by atoms with van der Waals surface area (Å²) in [4.78, 5) is 181. The number of carbonyl (C=O) groups excluding carboxylic acids is 10. The molecule has 44 nitrogen and oxygen atoms in total. The lowest BCUT2D eigenvalue weighted by Gasteiger charge is -2.47. The van der Waals surface area contributed by atoms with Gasteiger partial charge in [0.05, 0.1) is 35.3 Å². The zero-order chi connectivity index (χ0) is 94.3. The second kappa shape index (κ2) is 41.3. The number of unbranched alkanes of at least 4 members (excludes halogenated alkanes) is 1. The lowest BCUT2D eigenvalue weighted by atomic mass is 9.86. The molecule has 696 valence electrons. The number of halogens is 2. The number of para-hydroxylation sites is 1. The molecule has 13 rings (SSSR count). The number of aliphatic hydroxyl groups is 7. The van der Waals surface area contributed by atoms with E-state index in [1.54, 1.807) is 32.0 Å². The highest BCUT2D eigenvalue weighted by Gasteiger charge is 2.52. The summed E-state index contributed by atoms with van der Waals surface area (Å²) in [6.07, 6.45) is -21.9. The Morgan fingerprint density at radius 2 is 1.33 bits per heavy atom. The van der Waals surface area contributed by atoms with Crippen LogP contribution < -0.4 is 62.9 Å². The quantitative estimate of drug-likeness (QED) is 0.0177. The molecular weight excluding hydrogens is 1770 g/mol. The first-order valence-electron chi connectivity index (χ1n) is 40.0. The summed E-state index contributed by atoms with van der Waals surface area (Å²) in [7, 11) is -3.82. The van der Waals surface area contributed by atoms with Crippen molar-refractivity contribution in [1.82, 2.24) is 41.7 Å². The van der Waals surface area contributed by atoms with E-state index in [2.05, 4.69) is 37.2 Å². The number of aliphatic carboxylic acids is 1. The third-order valence-electron chi connectivity index (χ3n) is 21.7. The van der Waals surface area contributed by atoms with Crippen LogP contribution in [-0.4, -0.2) is 259 Å². The Kier molecular flexibility index (Phi) is 31.3. The van der Waals surface area contributed by atoms with Gasteiger partial charge in [0.15, 0.2) is 35.8 Å². The van der Waals surface area contributed by atoms with Crippen LogP contribution in [-0.2, 0) is 71.4 Å². The molecule has 11 bridgehead atoms. The van der Waals surface area contributed by atoms with E-state index in [1.165, 1.54) is 26.0 Å². The van der Waals surface area contributed by atoms with Gasteiger partial charge in [0.25, 0.3) is 0 Å². The summed E-state index contributed by atoms with van der Waals surface area (Å²) in [6, 6.07) is 3.95. The average molecular weight is 1870 g/mol. The molecule has 24 N–H and O–H groups in total. The number of primary amides is 1. The fourth-order valence-corrected chi connectivity index (χ4v) is 15.9. The lowest BCUT2D eigenvalue weighted by molar-refractivity contribution is -0.333. The van der Waals surface area contributed by atoms with Crippen molar-refractivity contribution in [3.05, 3.63) is 147 Å². The van der Waals surface area contributed by atoms with Crippen LogP contribution in [0.3, 0.4) is 0 Å². The summed E-state index contributed by atoms with van der Waals surface area (Å²) in [5.41, 5.74) is 7.78. The number of ether oxygens (including phenoxy) is 8. The Bertz CT molecular complexity index is 5290. The van der Waals surface area contributed by atoms with Crippen molar-refractivity contribution in [2.24, 2.45) is 17.4 Å². The van der Waals surface area contributed by atoms with E-state index in [0.717, 1.165) is 90.8 Å². The molecule has 16 unspecified atom stereocenters. The second-order valence-electron chi connectivity index (χ2n) is 31.8. The zero-order valence-electron chi connectivity index (χ0n) is 69.2. The van der Waals surface area contributed by atoms with Crippen LogP contribution in [0.15, 0.2) is 109 Å². The molecule has 0 aromatic heterocycles. The number of carboxylic acid groups (broad SMARTS) is 1. The van der Waals surface area contributed by atoms with Crippen LogP contribution in [0.25, 0.3) is 11.1 Å². The summed E-state index contributed by atoms with van der Waals surface area (Å²) in [6.45, 7) is 2.92. The maximum Gasteiger partial charge on any atom is 0.413 e. The second-order valence-corrected chi connectivity index (χ2v) is 34.4. The van der Waals surface area contributed by atoms with Crippen molar-refractivity contribution in [2.45, 2.75) is 181 Å². The monoisotopic (exact) mass is 1860 g/mol. The number of nitrogens with one attached hydrogen (secondary N) is 7. The maximum atomic E-state index is 16.3. The van der Waals surface area contributed by atoms with Gasteiger partial charge in [0, 0.05) is 54.0 Å². The maximum absolute atomic E-state index is 16.3. The molecule has 7 aliphatic rings. The van der Waals surface area contributed by atoms with E-state index < -0.39 is 304 Å². The SMILES string of the molecule is CC(C)CC(C(=O)NC1C(=O)NC(CC(N)=O)C(=O)NC2C(=O)NC3C(=O)NC(C(=O)N[C@@H](C(=O)O)c4cc(O)cc(O)c4-c4cc3ccc4O)[C@H](O)c3ccc(c(Cl)c3)Oc3cc2cc(c3OC2OC(CO)C(O)C(O)C2OC2CC(C)(N)C(O)C(C)O2)Oc2ccc(cc2Cl)[C@@H]1O)N(C)C(=O)OCOC(=O)CN(CCCCC(O)P(=O)(O)O)C(=O)Nc1ccccc1. The number of phenols is 3. The molecule has 10 amide bonds. The van der Waals surface area contributed by atoms with Gasteiger partial charge in [-0.3, -0.25) is 47.8 Å². The zero-order valence-corrected chi connectivity index (χ0v) is 71.6. The number of anilines is 1. The number of hydrogen-bond acceptors (Lipinski definition) is 31. The summed E-state index contributed by atoms with van der Waals surface area (Å²) in [5.74, 6) is -21.4. The molecule has 0 radical (unpaired) electrons. The van der Waals surface area contributed by atoms with Gasteiger partial charge in [-0.05, 0) is 134 Å². The summed E-state index contributed by atoms with van der Waals surface area (Å²) < 4.78 is 60.5. The largest absolute Gasteiger partial charge is 0.508 e. The molecule has 6 aromatic rings. The number of amides is 10. The number of fused-ring (bicyclic) bond motifs is 15. The van der Waals surface area contributed by atoms with Crippen LogP contribution >= 0.6 is 30.8 Å². The molecule has 47 heteroatoms. The fraction of sp³-hybridized carbons (Fsp3) is 0.427.